The number of ether oxygens (including phenoxy) is 1. The molecule has 1 aromatic heterocycles. The molecule has 3 aromatic rings. The molecule has 0 amide bonds. The standard InChI is InChI=1S/C19H17ClFN3OS/c1-2-9-25-18-8-3-13(10-16(18)20)11-22-24-19-23-17(12-26-19)14-4-6-15(21)7-5-14/h3-8,10-12H,2,9H2,1H3,(H,23,24)/b22-11-. The summed E-state index contributed by atoms with van der Waals surface area (Å²) < 4.78 is 18.5. The zero-order valence-corrected chi connectivity index (χ0v) is 15.6. The van der Waals surface area contributed by atoms with Crippen LogP contribution in [0.3, 0.4) is 0 Å². The van der Waals surface area contributed by atoms with Crippen LogP contribution < -0.4 is 10.2 Å². The Hall–Kier alpha value is -2.44. The number of anilines is 1. The molecule has 1 heterocycles. The second kappa shape index (κ2) is 8.78. The monoisotopic (exact) mass is 389 g/mol. The molecule has 2 aromatic carbocycles. The van der Waals surface area contributed by atoms with Gasteiger partial charge in [0.05, 0.1) is 23.5 Å². The summed E-state index contributed by atoms with van der Waals surface area (Å²) in [7, 11) is 0. The number of aromatic nitrogens is 1. The largest absolute Gasteiger partial charge is 0.492 e. The molecule has 0 saturated heterocycles. The van der Waals surface area contributed by atoms with Gasteiger partial charge in [-0.2, -0.15) is 5.10 Å². The number of benzene rings is 2. The Morgan fingerprint density at radius 1 is 1.27 bits per heavy atom. The van der Waals surface area contributed by atoms with Gasteiger partial charge >= 0.3 is 0 Å². The molecule has 3 rings (SSSR count). The third-order valence-corrected chi connectivity index (χ3v) is 4.48. The Labute approximate surface area is 160 Å². The average Bonchev–Trinajstić information content (AvgIpc) is 3.10. The van der Waals surface area contributed by atoms with Crippen LogP contribution in [0.25, 0.3) is 11.3 Å². The predicted molar refractivity (Wildman–Crippen MR) is 106 cm³/mol. The molecule has 0 fully saturated rings. The highest BCUT2D eigenvalue weighted by molar-refractivity contribution is 7.14. The lowest BCUT2D eigenvalue weighted by Crippen LogP contribution is -1.96. The summed E-state index contributed by atoms with van der Waals surface area (Å²) in [5, 5.41) is 7.27. The Balaban J connectivity index is 1.62. The van der Waals surface area contributed by atoms with Crippen molar-refractivity contribution in [3.05, 3.63) is 64.2 Å². The minimum atomic E-state index is -0.267. The number of hydrazone groups is 1. The minimum absolute atomic E-state index is 0.267. The quantitative estimate of drug-likeness (QED) is 0.408. The maximum atomic E-state index is 13.0. The topological polar surface area (TPSA) is 46.5 Å². The first-order valence-electron chi connectivity index (χ1n) is 8.08. The van der Waals surface area contributed by atoms with Gasteiger partial charge in [-0.25, -0.2) is 9.37 Å². The van der Waals surface area contributed by atoms with Crippen molar-refractivity contribution in [1.82, 2.24) is 4.98 Å². The number of nitrogens with one attached hydrogen (secondary N) is 1. The molecule has 134 valence electrons. The van der Waals surface area contributed by atoms with Gasteiger partial charge in [0, 0.05) is 10.9 Å². The fraction of sp³-hybridized carbons (Fsp3) is 0.158. The van der Waals surface area contributed by atoms with Crippen molar-refractivity contribution in [2.45, 2.75) is 13.3 Å². The van der Waals surface area contributed by atoms with Crippen molar-refractivity contribution in [2.24, 2.45) is 5.10 Å². The molecule has 0 saturated carbocycles. The fourth-order valence-corrected chi connectivity index (χ4v) is 3.08. The summed E-state index contributed by atoms with van der Waals surface area (Å²) in [6.45, 7) is 2.68. The van der Waals surface area contributed by atoms with E-state index < -0.39 is 0 Å². The van der Waals surface area contributed by atoms with E-state index in [0.717, 1.165) is 23.2 Å². The van der Waals surface area contributed by atoms with Gasteiger partial charge in [0.15, 0.2) is 0 Å². The van der Waals surface area contributed by atoms with Crippen LogP contribution >= 0.6 is 22.9 Å². The lowest BCUT2D eigenvalue weighted by Gasteiger charge is -2.06. The maximum Gasteiger partial charge on any atom is 0.203 e. The number of halogens is 2. The molecule has 4 nitrogen and oxygen atoms in total. The first-order valence-corrected chi connectivity index (χ1v) is 9.34. The Kier molecular flexibility index (Phi) is 6.20. The van der Waals surface area contributed by atoms with Gasteiger partial charge in [-0.05, 0) is 54.4 Å². The molecule has 0 spiro atoms. The van der Waals surface area contributed by atoms with Gasteiger partial charge in [0.25, 0.3) is 0 Å². The van der Waals surface area contributed by atoms with Crippen LogP contribution in [0.1, 0.15) is 18.9 Å². The first-order chi connectivity index (χ1) is 12.7. The Morgan fingerprint density at radius 2 is 2.08 bits per heavy atom. The van der Waals surface area contributed by atoms with E-state index >= 15 is 0 Å². The van der Waals surface area contributed by atoms with Gasteiger partial charge in [-0.3, -0.25) is 5.43 Å². The molecule has 0 radical (unpaired) electrons. The van der Waals surface area contributed by atoms with Crippen molar-refractivity contribution >= 4 is 34.3 Å². The smallest absolute Gasteiger partial charge is 0.203 e. The molecule has 1 N–H and O–H groups in total. The van der Waals surface area contributed by atoms with Crippen LogP contribution in [-0.2, 0) is 0 Å². The van der Waals surface area contributed by atoms with Gasteiger partial charge in [0.2, 0.25) is 5.13 Å². The van der Waals surface area contributed by atoms with Gasteiger partial charge in [-0.15, -0.1) is 11.3 Å². The predicted octanol–water partition coefficient (Wildman–Crippen LogP) is 5.84. The van der Waals surface area contributed by atoms with Crippen molar-refractivity contribution in [3.8, 4) is 17.0 Å². The third kappa shape index (κ3) is 4.80. The van der Waals surface area contributed by atoms with E-state index in [0.29, 0.717) is 22.5 Å². The molecule has 0 aliphatic rings. The van der Waals surface area contributed by atoms with Crippen LogP contribution in [0.4, 0.5) is 9.52 Å². The molecule has 7 heteroatoms. The number of nitrogens with zero attached hydrogens (tertiary/aromatic N) is 2. The SMILES string of the molecule is CCCOc1ccc(/C=N\Nc2nc(-c3ccc(F)cc3)cs2)cc1Cl. The van der Waals surface area contributed by atoms with Crippen molar-refractivity contribution in [1.29, 1.82) is 0 Å². The first kappa shape index (κ1) is 18.4. The van der Waals surface area contributed by atoms with E-state index in [-0.39, 0.29) is 5.82 Å². The van der Waals surface area contributed by atoms with Crippen LogP contribution in [0.5, 0.6) is 5.75 Å². The molecule has 0 aliphatic heterocycles. The van der Waals surface area contributed by atoms with Crippen LogP contribution in [0.15, 0.2) is 52.9 Å². The normalized spacial score (nSPS) is 11.0. The summed E-state index contributed by atoms with van der Waals surface area (Å²) in [5.74, 6) is 0.402. The van der Waals surface area contributed by atoms with Crippen LogP contribution in [0, 0.1) is 5.82 Å². The highest BCUT2D eigenvalue weighted by Gasteiger charge is 2.04. The summed E-state index contributed by atoms with van der Waals surface area (Å²) >= 11 is 7.62. The van der Waals surface area contributed by atoms with Crippen molar-refractivity contribution in [3.63, 3.8) is 0 Å². The Morgan fingerprint density at radius 3 is 2.81 bits per heavy atom. The Bertz CT molecular complexity index is 896. The van der Waals surface area contributed by atoms with Crippen molar-refractivity contribution < 1.29 is 9.13 Å². The molecular formula is C19H17ClFN3OS. The maximum absolute atomic E-state index is 13.0. The lowest BCUT2D eigenvalue weighted by atomic mass is 10.2. The van der Waals surface area contributed by atoms with Gasteiger partial charge in [-0.1, -0.05) is 18.5 Å². The van der Waals surface area contributed by atoms with E-state index in [9.17, 15) is 4.39 Å². The minimum Gasteiger partial charge on any atom is -0.492 e. The summed E-state index contributed by atoms with van der Waals surface area (Å²) in [4.78, 5) is 4.43. The highest BCUT2D eigenvalue weighted by Crippen LogP contribution is 2.26. The average molecular weight is 390 g/mol. The number of thiazole rings is 1. The summed E-state index contributed by atoms with van der Waals surface area (Å²) in [6.07, 6.45) is 2.59. The molecule has 0 unspecified atom stereocenters. The molecule has 26 heavy (non-hydrogen) atoms. The van der Waals surface area contributed by atoms with Gasteiger partial charge < -0.3 is 4.74 Å². The third-order valence-electron chi connectivity index (χ3n) is 3.44. The van der Waals surface area contributed by atoms with Gasteiger partial charge in [0.1, 0.15) is 11.6 Å². The van der Waals surface area contributed by atoms with Crippen LogP contribution in [-0.4, -0.2) is 17.8 Å². The number of hydrogen-bond acceptors (Lipinski definition) is 5. The van der Waals surface area contributed by atoms with Crippen LogP contribution in [0.2, 0.25) is 5.02 Å². The summed E-state index contributed by atoms with van der Waals surface area (Å²) in [6, 6.07) is 11.7. The molecular weight excluding hydrogens is 373 g/mol. The number of hydrogen-bond donors (Lipinski definition) is 1. The van der Waals surface area contributed by atoms with E-state index in [1.54, 1.807) is 24.4 Å². The summed E-state index contributed by atoms with van der Waals surface area (Å²) in [5.41, 5.74) is 5.37. The zero-order valence-electron chi connectivity index (χ0n) is 14.1. The lowest BCUT2D eigenvalue weighted by molar-refractivity contribution is 0.317. The molecule has 0 bridgehead atoms. The zero-order chi connectivity index (χ0) is 18.4. The second-order valence-corrected chi connectivity index (χ2v) is 6.72. The molecule has 0 aliphatic carbocycles. The second-order valence-electron chi connectivity index (χ2n) is 5.45. The van der Waals surface area contributed by atoms with Crippen molar-refractivity contribution in [2.75, 3.05) is 12.0 Å². The molecule has 0 atom stereocenters. The number of rotatable bonds is 7. The van der Waals surface area contributed by atoms with E-state index in [1.165, 1.54) is 23.5 Å². The van der Waals surface area contributed by atoms with E-state index in [1.807, 2.05) is 24.4 Å². The van der Waals surface area contributed by atoms with E-state index in [4.69, 9.17) is 16.3 Å². The fourth-order valence-electron chi connectivity index (χ4n) is 2.17. The highest BCUT2D eigenvalue weighted by atomic mass is 35.5. The van der Waals surface area contributed by atoms with E-state index in [2.05, 4.69) is 15.5 Å².